The van der Waals surface area contributed by atoms with E-state index in [1.807, 2.05) is 0 Å². The Labute approximate surface area is 159 Å². The second-order valence-electron chi connectivity index (χ2n) is 8.46. The SMILES string of the molecule is CC(C)[Si](Cc1c(-c2ccccc2)nc2ccccn12)(C(C)C)C(C)C. The number of rotatable bonds is 6. The Bertz CT molecular complexity index is 841. The van der Waals surface area contributed by atoms with Gasteiger partial charge in [-0.1, -0.05) is 94.6 Å². The highest BCUT2D eigenvalue weighted by Crippen LogP contribution is 2.44. The van der Waals surface area contributed by atoms with Gasteiger partial charge in [0.1, 0.15) is 5.65 Å². The van der Waals surface area contributed by atoms with E-state index in [0.29, 0.717) is 0 Å². The number of hydrogen-bond acceptors (Lipinski definition) is 1. The van der Waals surface area contributed by atoms with Crippen LogP contribution in [0.2, 0.25) is 16.6 Å². The Morgan fingerprint density at radius 3 is 1.96 bits per heavy atom. The van der Waals surface area contributed by atoms with Gasteiger partial charge in [0.25, 0.3) is 0 Å². The quantitative estimate of drug-likeness (QED) is 0.442. The molecular weight excluding hydrogens is 332 g/mol. The van der Waals surface area contributed by atoms with E-state index in [0.717, 1.165) is 28.0 Å². The van der Waals surface area contributed by atoms with E-state index in [1.165, 1.54) is 17.3 Å². The van der Waals surface area contributed by atoms with Crippen LogP contribution < -0.4 is 0 Å². The summed E-state index contributed by atoms with van der Waals surface area (Å²) in [5.41, 5.74) is 7.05. The molecule has 0 radical (unpaired) electrons. The predicted molar refractivity (Wildman–Crippen MR) is 115 cm³/mol. The molecule has 0 saturated heterocycles. The first-order chi connectivity index (χ1) is 12.4. The zero-order valence-electron chi connectivity index (χ0n) is 17.0. The molecule has 0 unspecified atom stereocenters. The van der Waals surface area contributed by atoms with Crippen LogP contribution in [0, 0.1) is 0 Å². The predicted octanol–water partition coefficient (Wildman–Crippen LogP) is 6.76. The molecule has 1 aromatic carbocycles. The Morgan fingerprint density at radius 2 is 1.38 bits per heavy atom. The largest absolute Gasteiger partial charge is 0.304 e. The minimum atomic E-state index is -1.57. The van der Waals surface area contributed by atoms with Gasteiger partial charge in [0.2, 0.25) is 0 Å². The van der Waals surface area contributed by atoms with E-state index < -0.39 is 8.07 Å². The standard InChI is InChI=1S/C23H32N2Si/c1-17(2)26(18(3)4,19(5)6)16-21-23(20-12-8-7-9-13-20)24-22-14-10-11-15-25(21)22/h7-15,17-19H,16H2,1-6H3. The fraction of sp³-hybridized carbons (Fsp3) is 0.435. The summed E-state index contributed by atoms with van der Waals surface area (Å²) in [7, 11) is -1.57. The number of nitrogens with zero attached hydrogens (tertiary/aromatic N) is 2. The Hall–Kier alpha value is -1.87. The third-order valence-corrected chi connectivity index (χ3v) is 13.8. The Morgan fingerprint density at radius 1 is 0.808 bits per heavy atom. The van der Waals surface area contributed by atoms with Crippen LogP contribution in [0.4, 0.5) is 0 Å². The number of imidazole rings is 1. The average molecular weight is 365 g/mol. The molecule has 2 nitrogen and oxygen atoms in total. The van der Waals surface area contributed by atoms with Crippen LogP contribution in [0.5, 0.6) is 0 Å². The molecule has 138 valence electrons. The highest BCUT2D eigenvalue weighted by atomic mass is 28.3. The van der Waals surface area contributed by atoms with E-state index in [2.05, 4.69) is 101 Å². The lowest BCUT2D eigenvalue weighted by atomic mass is 10.1. The van der Waals surface area contributed by atoms with Crippen molar-refractivity contribution in [3.05, 3.63) is 60.4 Å². The van der Waals surface area contributed by atoms with Crippen LogP contribution >= 0.6 is 0 Å². The summed E-state index contributed by atoms with van der Waals surface area (Å²) >= 11 is 0. The molecule has 3 rings (SSSR count). The van der Waals surface area contributed by atoms with Gasteiger partial charge in [0.15, 0.2) is 0 Å². The van der Waals surface area contributed by atoms with E-state index in [9.17, 15) is 0 Å². The molecule has 0 aliphatic carbocycles. The average Bonchev–Trinajstić information content (AvgIpc) is 2.97. The number of benzene rings is 1. The van der Waals surface area contributed by atoms with Crippen LogP contribution in [0.25, 0.3) is 16.9 Å². The van der Waals surface area contributed by atoms with Crippen LogP contribution in [0.15, 0.2) is 54.7 Å². The molecular formula is C23H32N2Si. The number of fused-ring (bicyclic) bond motifs is 1. The molecule has 0 bridgehead atoms. The van der Waals surface area contributed by atoms with Crippen LogP contribution in [0.1, 0.15) is 47.2 Å². The first-order valence-corrected chi connectivity index (χ1v) is 12.3. The van der Waals surface area contributed by atoms with Gasteiger partial charge in [-0.25, -0.2) is 4.98 Å². The van der Waals surface area contributed by atoms with Gasteiger partial charge in [0.05, 0.1) is 13.8 Å². The second-order valence-corrected chi connectivity index (χ2v) is 14.5. The van der Waals surface area contributed by atoms with Crippen molar-refractivity contribution in [3.8, 4) is 11.3 Å². The summed E-state index contributed by atoms with van der Waals surface area (Å²) in [6, 6.07) is 18.2. The van der Waals surface area contributed by atoms with Gasteiger partial charge in [-0.15, -0.1) is 0 Å². The number of hydrogen-bond donors (Lipinski definition) is 0. The van der Waals surface area contributed by atoms with E-state index in [-0.39, 0.29) is 0 Å². The van der Waals surface area contributed by atoms with Gasteiger partial charge in [0, 0.05) is 17.5 Å². The lowest BCUT2D eigenvalue weighted by molar-refractivity contribution is 0.791. The van der Waals surface area contributed by atoms with Gasteiger partial charge in [-0.3, -0.25) is 0 Å². The molecule has 0 amide bonds. The summed E-state index contributed by atoms with van der Waals surface area (Å²) in [5.74, 6) is 0. The van der Waals surface area contributed by atoms with Crippen molar-refractivity contribution in [1.82, 2.24) is 9.38 Å². The first kappa shape index (κ1) is 18.9. The van der Waals surface area contributed by atoms with Crippen molar-refractivity contribution in [2.75, 3.05) is 0 Å². The molecule has 0 aliphatic heterocycles. The van der Waals surface area contributed by atoms with E-state index in [1.54, 1.807) is 0 Å². The second kappa shape index (κ2) is 7.40. The zero-order chi connectivity index (χ0) is 18.9. The topological polar surface area (TPSA) is 17.3 Å². The molecule has 0 atom stereocenters. The summed E-state index contributed by atoms with van der Waals surface area (Å²) in [6.07, 6.45) is 2.18. The van der Waals surface area contributed by atoms with Crippen LogP contribution in [0.3, 0.4) is 0 Å². The first-order valence-electron chi connectivity index (χ1n) is 9.89. The molecule has 0 spiro atoms. The molecule has 3 aromatic rings. The molecule has 2 aromatic heterocycles. The highest BCUT2D eigenvalue weighted by Gasteiger charge is 2.43. The lowest BCUT2D eigenvalue weighted by Gasteiger charge is -2.43. The Balaban J connectivity index is 2.23. The van der Waals surface area contributed by atoms with Gasteiger partial charge < -0.3 is 4.40 Å². The maximum Gasteiger partial charge on any atom is 0.137 e. The van der Waals surface area contributed by atoms with Crippen molar-refractivity contribution in [3.63, 3.8) is 0 Å². The fourth-order valence-electron chi connectivity index (χ4n) is 4.95. The molecule has 2 heterocycles. The summed E-state index contributed by atoms with van der Waals surface area (Å²) in [4.78, 5) is 5.03. The lowest BCUT2D eigenvalue weighted by Crippen LogP contribution is -2.47. The molecule has 0 aliphatic rings. The maximum atomic E-state index is 5.03. The van der Waals surface area contributed by atoms with Gasteiger partial charge in [-0.2, -0.15) is 0 Å². The number of aromatic nitrogens is 2. The zero-order valence-corrected chi connectivity index (χ0v) is 18.0. The molecule has 0 saturated carbocycles. The van der Waals surface area contributed by atoms with E-state index >= 15 is 0 Å². The minimum Gasteiger partial charge on any atom is -0.304 e. The smallest absolute Gasteiger partial charge is 0.137 e. The van der Waals surface area contributed by atoms with Crippen LogP contribution in [-0.2, 0) is 6.04 Å². The maximum absolute atomic E-state index is 5.03. The Kier molecular flexibility index (Phi) is 5.38. The summed E-state index contributed by atoms with van der Waals surface area (Å²) in [5, 5.41) is 0. The normalized spacial score (nSPS) is 12.7. The van der Waals surface area contributed by atoms with Crippen molar-refractivity contribution in [1.29, 1.82) is 0 Å². The highest BCUT2D eigenvalue weighted by molar-refractivity contribution is 6.83. The van der Waals surface area contributed by atoms with Crippen molar-refractivity contribution >= 4 is 13.7 Å². The van der Waals surface area contributed by atoms with Crippen molar-refractivity contribution < 1.29 is 0 Å². The van der Waals surface area contributed by atoms with Gasteiger partial charge >= 0.3 is 0 Å². The van der Waals surface area contributed by atoms with Crippen molar-refractivity contribution in [2.24, 2.45) is 0 Å². The minimum absolute atomic E-state index is 0.736. The third-order valence-electron chi connectivity index (χ3n) is 6.37. The van der Waals surface area contributed by atoms with Crippen molar-refractivity contribution in [2.45, 2.75) is 64.2 Å². The summed E-state index contributed by atoms with van der Waals surface area (Å²) < 4.78 is 2.33. The molecule has 0 fully saturated rings. The molecule has 26 heavy (non-hydrogen) atoms. The molecule has 0 N–H and O–H groups in total. The van der Waals surface area contributed by atoms with Gasteiger partial charge in [-0.05, 0) is 18.2 Å². The monoisotopic (exact) mass is 364 g/mol. The third kappa shape index (κ3) is 3.14. The van der Waals surface area contributed by atoms with Crippen LogP contribution in [-0.4, -0.2) is 17.5 Å². The number of pyridine rings is 1. The van der Waals surface area contributed by atoms with E-state index in [4.69, 9.17) is 4.98 Å². The molecule has 3 heteroatoms. The fourth-order valence-corrected chi connectivity index (χ4v) is 11.1. The summed E-state index contributed by atoms with van der Waals surface area (Å²) in [6.45, 7) is 14.7.